The van der Waals surface area contributed by atoms with Crippen molar-refractivity contribution in [3.8, 4) is 11.3 Å². The van der Waals surface area contributed by atoms with Crippen molar-refractivity contribution in [1.29, 1.82) is 0 Å². The van der Waals surface area contributed by atoms with E-state index in [0.29, 0.717) is 48.5 Å². The van der Waals surface area contributed by atoms with Gasteiger partial charge in [-0.05, 0) is 72.6 Å². The van der Waals surface area contributed by atoms with Crippen LogP contribution in [0, 0.1) is 17.6 Å². The molecular weight excluding hydrogens is 576 g/mol. The summed E-state index contributed by atoms with van der Waals surface area (Å²) in [5.74, 6) is -1.39. The van der Waals surface area contributed by atoms with Gasteiger partial charge >= 0.3 is 0 Å². The van der Waals surface area contributed by atoms with Gasteiger partial charge in [0.15, 0.2) is 9.84 Å². The van der Waals surface area contributed by atoms with Crippen molar-refractivity contribution in [2.75, 3.05) is 18.1 Å². The Bertz CT molecular complexity index is 1780. The second-order valence-electron chi connectivity index (χ2n) is 11.7. The summed E-state index contributed by atoms with van der Waals surface area (Å²) in [5, 5.41) is 7.18. The molecule has 13 heteroatoms. The normalized spacial score (nSPS) is 22.8. The molecule has 6 rings (SSSR count). The Morgan fingerprint density at radius 3 is 2.56 bits per heavy atom. The summed E-state index contributed by atoms with van der Waals surface area (Å²) >= 11 is 0. The average Bonchev–Trinajstić information content (AvgIpc) is 3.52. The molecule has 4 heterocycles. The Morgan fingerprint density at radius 1 is 1.12 bits per heavy atom. The molecule has 1 aromatic carbocycles. The average molecular weight is 610 g/mol. The number of halogens is 2. The molecular formula is C30H33F2N7O3S. The van der Waals surface area contributed by atoms with E-state index >= 15 is 8.78 Å². The molecule has 4 unspecified atom stereocenters. The van der Waals surface area contributed by atoms with E-state index in [9.17, 15) is 13.2 Å². The monoisotopic (exact) mass is 609 g/mol. The lowest BCUT2D eigenvalue weighted by atomic mass is 9.76. The van der Waals surface area contributed by atoms with Crippen LogP contribution in [-0.4, -0.2) is 62.9 Å². The first-order chi connectivity index (χ1) is 20.5. The first kappa shape index (κ1) is 29.1. The molecule has 10 nitrogen and oxygen atoms in total. The van der Waals surface area contributed by atoms with E-state index in [1.165, 1.54) is 29.0 Å². The van der Waals surface area contributed by atoms with Crippen molar-refractivity contribution >= 4 is 32.9 Å². The van der Waals surface area contributed by atoms with Gasteiger partial charge < -0.3 is 16.0 Å². The predicted molar refractivity (Wildman–Crippen MR) is 158 cm³/mol. The number of nitrogens with zero attached hydrogens (tertiary/aromatic N) is 5. The van der Waals surface area contributed by atoms with Gasteiger partial charge in [0.1, 0.15) is 11.6 Å². The second-order valence-corrected chi connectivity index (χ2v) is 13.9. The van der Waals surface area contributed by atoms with E-state index in [1.807, 2.05) is 13.0 Å². The Kier molecular flexibility index (Phi) is 7.63. The summed E-state index contributed by atoms with van der Waals surface area (Å²) in [5.41, 5.74) is 8.74. The topological polar surface area (TPSA) is 136 Å². The third-order valence-electron chi connectivity index (χ3n) is 8.52. The van der Waals surface area contributed by atoms with E-state index in [4.69, 9.17) is 5.73 Å². The Hall–Kier alpha value is -3.97. The number of rotatable bonds is 7. The number of likely N-dealkylation sites (tertiary alicyclic amines) is 1. The quantitative estimate of drug-likeness (QED) is 0.319. The maximum atomic E-state index is 15.3. The van der Waals surface area contributed by atoms with Crippen molar-refractivity contribution in [3.05, 3.63) is 71.7 Å². The van der Waals surface area contributed by atoms with Crippen LogP contribution in [0.4, 0.5) is 20.4 Å². The molecule has 1 aliphatic carbocycles. The van der Waals surface area contributed by atoms with E-state index < -0.39 is 32.8 Å². The molecule has 3 N–H and O–H groups in total. The standard InChI is InChI=1S/C30H33F2N7O3S/c1-17-10-19(13-24(33)29(17)43(2,41)42)21-7-8-34-15-26(21)36-30-35-14-20-5-6-25(37-39(20)30)28-22(31)11-18(12-23(28)32)16-38-9-3-4-27(38)40/h5-8,11-12,14-15,17,19,24,29H,3-4,9-10,13,16,33H2,1-2H3,(H,35,36). The van der Waals surface area contributed by atoms with Crippen molar-refractivity contribution in [1.82, 2.24) is 24.5 Å². The number of hydrogen-bond donors (Lipinski definition) is 2. The minimum atomic E-state index is -3.29. The summed E-state index contributed by atoms with van der Waals surface area (Å²) in [6.45, 7) is 2.64. The number of hydrogen-bond acceptors (Lipinski definition) is 8. The van der Waals surface area contributed by atoms with E-state index in [2.05, 4.69) is 20.4 Å². The summed E-state index contributed by atoms with van der Waals surface area (Å²) in [4.78, 5) is 22.3. The largest absolute Gasteiger partial charge is 0.338 e. The zero-order chi connectivity index (χ0) is 30.5. The Morgan fingerprint density at radius 2 is 1.88 bits per heavy atom. The van der Waals surface area contributed by atoms with E-state index in [-0.39, 0.29) is 35.5 Å². The predicted octanol–water partition coefficient (Wildman–Crippen LogP) is 4.19. The fourth-order valence-electron chi connectivity index (χ4n) is 6.70. The summed E-state index contributed by atoms with van der Waals surface area (Å²) < 4.78 is 56.7. The first-order valence-electron chi connectivity index (χ1n) is 14.3. The third kappa shape index (κ3) is 5.70. The number of nitrogens with one attached hydrogen (secondary N) is 1. The lowest BCUT2D eigenvalue weighted by molar-refractivity contribution is -0.128. The van der Waals surface area contributed by atoms with E-state index in [1.54, 1.807) is 29.6 Å². The van der Waals surface area contributed by atoms with Crippen molar-refractivity contribution in [3.63, 3.8) is 0 Å². The number of fused-ring (bicyclic) bond motifs is 1. The maximum Gasteiger partial charge on any atom is 0.229 e. The molecule has 4 aromatic rings. The van der Waals surface area contributed by atoms with Gasteiger partial charge in [-0.2, -0.15) is 9.61 Å². The fraction of sp³-hybridized carbons (Fsp3) is 0.400. The molecule has 0 radical (unpaired) electrons. The van der Waals surface area contributed by atoms with Crippen LogP contribution in [0.5, 0.6) is 0 Å². The molecule has 1 aliphatic heterocycles. The second kappa shape index (κ2) is 11.3. The number of imidazole rings is 1. The molecule has 0 bridgehead atoms. The number of carbonyl (C=O) groups is 1. The van der Waals surface area contributed by atoms with Crippen LogP contribution < -0.4 is 11.1 Å². The minimum Gasteiger partial charge on any atom is -0.338 e. The summed E-state index contributed by atoms with van der Waals surface area (Å²) in [7, 11) is -3.29. The highest BCUT2D eigenvalue weighted by Crippen LogP contribution is 2.41. The number of pyridine rings is 1. The molecule has 2 aliphatic rings. The highest BCUT2D eigenvalue weighted by atomic mass is 32.2. The van der Waals surface area contributed by atoms with Crippen LogP contribution in [0.1, 0.15) is 49.7 Å². The summed E-state index contributed by atoms with van der Waals surface area (Å²) in [6, 6.07) is 7.07. The molecule has 2 fully saturated rings. The van der Waals surface area contributed by atoms with Crippen LogP contribution in [0.25, 0.3) is 16.8 Å². The third-order valence-corrected chi connectivity index (χ3v) is 10.3. The zero-order valence-electron chi connectivity index (χ0n) is 23.9. The molecule has 0 spiro atoms. The SMILES string of the molecule is CC1CC(c2ccncc2Nc2ncc3ccc(-c4c(F)cc(CN5CCCC5=O)cc4F)nn23)CC(N)C1S(C)(=O)=O. The van der Waals surface area contributed by atoms with Gasteiger partial charge in [0.2, 0.25) is 11.9 Å². The van der Waals surface area contributed by atoms with Gasteiger partial charge in [0.25, 0.3) is 0 Å². The van der Waals surface area contributed by atoms with E-state index in [0.717, 1.165) is 12.0 Å². The number of anilines is 2. The van der Waals surface area contributed by atoms with Gasteiger partial charge in [-0.25, -0.2) is 22.2 Å². The number of benzene rings is 1. The van der Waals surface area contributed by atoms with Gasteiger partial charge in [-0.1, -0.05) is 6.92 Å². The molecule has 43 heavy (non-hydrogen) atoms. The number of amides is 1. The van der Waals surface area contributed by atoms with Crippen LogP contribution in [0.3, 0.4) is 0 Å². The zero-order valence-corrected chi connectivity index (χ0v) is 24.7. The van der Waals surface area contributed by atoms with Crippen LogP contribution in [-0.2, 0) is 21.2 Å². The van der Waals surface area contributed by atoms with Crippen LogP contribution >= 0.6 is 0 Å². The van der Waals surface area contributed by atoms with Crippen molar-refractivity contribution < 1.29 is 22.0 Å². The minimum absolute atomic E-state index is 0.0131. The maximum absolute atomic E-state index is 15.3. The Labute approximate surface area is 248 Å². The first-order valence-corrected chi connectivity index (χ1v) is 16.2. The summed E-state index contributed by atoms with van der Waals surface area (Å²) in [6.07, 6.45) is 8.47. The number of nitrogens with two attached hydrogens (primary N) is 1. The Balaban J connectivity index is 1.28. The van der Waals surface area contributed by atoms with Gasteiger partial charge in [0, 0.05) is 38.0 Å². The lowest BCUT2D eigenvalue weighted by Crippen LogP contribution is -2.48. The van der Waals surface area contributed by atoms with Gasteiger partial charge in [-0.15, -0.1) is 0 Å². The molecule has 1 saturated carbocycles. The van der Waals surface area contributed by atoms with Crippen LogP contribution in [0.2, 0.25) is 0 Å². The lowest BCUT2D eigenvalue weighted by Gasteiger charge is -2.38. The molecule has 1 amide bonds. The molecule has 1 saturated heterocycles. The van der Waals surface area contributed by atoms with Crippen LogP contribution in [0.15, 0.2) is 48.9 Å². The smallest absolute Gasteiger partial charge is 0.229 e. The molecule has 3 aromatic heterocycles. The van der Waals surface area contributed by atoms with Crippen molar-refractivity contribution in [2.24, 2.45) is 11.7 Å². The number of carbonyl (C=O) groups excluding carboxylic acids is 1. The molecule has 226 valence electrons. The fourth-order valence-corrected chi connectivity index (χ4v) is 8.40. The van der Waals surface area contributed by atoms with Gasteiger partial charge in [-0.3, -0.25) is 9.78 Å². The van der Waals surface area contributed by atoms with Crippen molar-refractivity contribution in [2.45, 2.75) is 56.4 Å². The highest BCUT2D eigenvalue weighted by molar-refractivity contribution is 7.91. The molecule has 4 atom stereocenters. The highest BCUT2D eigenvalue weighted by Gasteiger charge is 2.40. The number of sulfone groups is 1. The number of aromatic nitrogens is 4. The van der Waals surface area contributed by atoms with Gasteiger partial charge in [0.05, 0.1) is 40.1 Å².